The minimum absolute atomic E-state index is 0.590. The SMILES string of the molecule is CC(Sc1ccccc1)C1=CC=CC1. The zero-order valence-corrected chi connectivity index (χ0v) is 9.13. The van der Waals surface area contributed by atoms with Crippen LogP contribution in [0.3, 0.4) is 0 Å². The lowest BCUT2D eigenvalue weighted by molar-refractivity contribution is 1.07. The fourth-order valence-corrected chi connectivity index (χ4v) is 2.59. The lowest BCUT2D eigenvalue weighted by atomic mass is 10.2. The van der Waals surface area contributed by atoms with E-state index in [2.05, 4.69) is 55.5 Å². The van der Waals surface area contributed by atoms with Crippen molar-refractivity contribution in [3.63, 3.8) is 0 Å². The van der Waals surface area contributed by atoms with Gasteiger partial charge >= 0.3 is 0 Å². The molecule has 1 heteroatoms. The second kappa shape index (κ2) is 4.52. The Bertz CT molecular complexity index is 349. The minimum Gasteiger partial charge on any atom is -0.119 e. The van der Waals surface area contributed by atoms with E-state index in [0.717, 1.165) is 6.42 Å². The topological polar surface area (TPSA) is 0 Å². The van der Waals surface area contributed by atoms with E-state index >= 15 is 0 Å². The number of thioether (sulfide) groups is 1. The summed E-state index contributed by atoms with van der Waals surface area (Å²) in [5.41, 5.74) is 1.53. The molecule has 0 saturated heterocycles. The van der Waals surface area contributed by atoms with E-state index in [-0.39, 0.29) is 0 Å². The number of hydrogen-bond acceptors (Lipinski definition) is 1. The van der Waals surface area contributed by atoms with Gasteiger partial charge in [0, 0.05) is 10.1 Å². The lowest BCUT2D eigenvalue weighted by Crippen LogP contribution is -1.98. The third kappa shape index (κ3) is 2.30. The molecular weight excluding hydrogens is 188 g/mol. The molecule has 0 saturated carbocycles. The molecule has 1 atom stereocenters. The minimum atomic E-state index is 0.590. The highest BCUT2D eigenvalue weighted by atomic mass is 32.2. The molecule has 0 heterocycles. The molecule has 0 fully saturated rings. The van der Waals surface area contributed by atoms with Gasteiger partial charge in [0.1, 0.15) is 0 Å². The molecule has 1 unspecified atom stereocenters. The first-order chi connectivity index (χ1) is 6.86. The van der Waals surface area contributed by atoms with Crippen molar-refractivity contribution in [1.29, 1.82) is 0 Å². The quantitative estimate of drug-likeness (QED) is 0.666. The molecule has 0 spiro atoms. The van der Waals surface area contributed by atoms with Crippen molar-refractivity contribution in [3.8, 4) is 0 Å². The summed E-state index contributed by atoms with van der Waals surface area (Å²) in [6, 6.07) is 10.6. The van der Waals surface area contributed by atoms with E-state index in [4.69, 9.17) is 0 Å². The van der Waals surface area contributed by atoms with Crippen LogP contribution in [-0.4, -0.2) is 5.25 Å². The maximum Gasteiger partial charge on any atom is 0.0281 e. The molecule has 2 rings (SSSR count). The van der Waals surface area contributed by atoms with Crippen LogP contribution >= 0.6 is 11.8 Å². The molecule has 0 nitrogen and oxygen atoms in total. The Labute approximate surface area is 89.7 Å². The molecule has 0 N–H and O–H groups in total. The first kappa shape index (κ1) is 9.60. The van der Waals surface area contributed by atoms with E-state index in [1.165, 1.54) is 10.5 Å². The molecule has 1 aromatic carbocycles. The molecule has 0 aliphatic heterocycles. The Morgan fingerprint density at radius 3 is 2.64 bits per heavy atom. The van der Waals surface area contributed by atoms with Gasteiger partial charge in [-0.1, -0.05) is 42.0 Å². The van der Waals surface area contributed by atoms with Crippen LogP contribution in [0.25, 0.3) is 0 Å². The van der Waals surface area contributed by atoms with Crippen molar-refractivity contribution in [2.45, 2.75) is 23.5 Å². The lowest BCUT2D eigenvalue weighted by Gasteiger charge is -2.12. The predicted octanol–water partition coefficient (Wildman–Crippen LogP) is 4.05. The van der Waals surface area contributed by atoms with E-state index in [9.17, 15) is 0 Å². The fraction of sp³-hybridized carbons (Fsp3) is 0.231. The highest BCUT2D eigenvalue weighted by molar-refractivity contribution is 8.00. The summed E-state index contributed by atoms with van der Waals surface area (Å²) in [5.74, 6) is 0. The Kier molecular flexibility index (Phi) is 3.10. The van der Waals surface area contributed by atoms with Crippen molar-refractivity contribution >= 4 is 11.8 Å². The maximum absolute atomic E-state index is 2.27. The average molecular weight is 202 g/mol. The van der Waals surface area contributed by atoms with E-state index in [1.54, 1.807) is 0 Å². The van der Waals surface area contributed by atoms with Gasteiger partial charge in [0.05, 0.1) is 0 Å². The van der Waals surface area contributed by atoms with Crippen LogP contribution in [-0.2, 0) is 0 Å². The first-order valence-electron chi connectivity index (χ1n) is 4.93. The third-order valence-electron chi connectivity index (χ3n) is 2.38. The van der Waals surface area contributed by atoms with Crippen LogP contribution in [0.1, 0.15) is 13.3 Å². The molecule has 1 aliphatic carbocycles. The van der Waals surface area contributed by atoms with Crippen molar-refractivity contribution in [3.05, 3.63) is 54.1 Å². The smallest absolute Gasteiger partial charge is 0.0281 e. The summed E-state index contributed by atoms with van der Waals surface area (Å²) < 4.78 is 0. The van der Waals surface area contributed by atoms with Gasteiger partial charge in [-0.15, -0.1) is 11.8 Å². The fourth-order valence-electron chi connectivity index (χ4n) is 1.54. The molecule has 72 valence electrons. The zero-order valence-electron chi connectivity index (χ0n) is 8.31. The van der Waals surface area contributed by atoms with Gasteiger partial charge in [0.15, 0.2) is 0 Å². The summed E-state index contributed by atoms with van der Waals surface area (Å²) in [4.78, 5) is 1.35. The molecular formula is C13H14S. The van der Waals surface area contributed by atoms with Gasteiger partial charge in [-0.05, 0) is 25.5 Å². The van der Waals surface area contributed by atoms with Crippen molar-refractivity contribution in [2.24, 2.45) is 0 Å². The Morgan fingerprint density at radius 1 is 1.21 bits per heavy atom. The highest BCUT2D eigenvalue weighted by Gasteiger charge is 2.10. The average Bonchev–Trinajstić information content (AvgIpc) is 2.72. The van der Waals surface area contributed by atoms with Crippen LogP contribution < -0.4 is 0 Å². The Balaban J connectivity index is 1.98. The number of allylic oxidation sites excluding steroid dienone is 3. The van der Waals surface area contributed by atoms with Gasteiger partial charge in [-0.3, -0.25) is 0 Å². The summed E-state index contributed by atoms with van der Waals surface area (Å²) in [5, 5.41) is 0.590. The van der Waals surface area contributed by atoms with Crippen LogP contribution in [0.5, 0.6) is 0 Å². The van der Waals surface area contributed by atoms with E-state index in [0.29, 0.717) is 5.25 Å². The number of hydrogen-bond donors (Lipinski definition) is 0. The summed E-state index contributed by atoms with van der Waals surface area (Å²) in [7, 11) is 0. The van der Waals surface area contributed by atoms with E-state index in [1.807, 2.05) is 11.8 Å². The van der Waals surface area contributed by atoms with Gasteiger partial charge in [0.25, 0.3) is 0 Å². The van der Waals surface area contributed by atoms with Gasteiger partial charge in [0.2, 0.25) is 0 Å². The summed E-state index contributed by atoms with van der Waals surface area (Å²) >= 11 is 1.93. The molecule has 0 bridgehead atoms. The maximum atomic E-state index is 2.27. The molecule has 14 heavy (non-hydrogen) atoms. The molecule has 0 aromatic heterocycles. The molecule has 0 amide bonds. The molecule has 1 aliphatic rings. The van der Waals surface area contributed by atoms with Crippen LogP contribution in [0.4, 0.5) is 0 Å². The number of rotatable bonds is 3. The normalized spacial score (nSPS) is 16.8. The Hall–Kier alpha value is -0.950. The molecule has 1 aromatic rings. The van der Waals surface area contributed by atoms with Gasteiger partial charge < -0.3 is 0 Å². The summed E-state index contributed by atoms with van der Waals surface area (Å²) in [6.07, 6.45) is 7.73. The molecule has 0 radical (unpaired) electrons. The van der Waals surface area contributed by atoms with Gasteiger partial charge in [-0.25, -0.2) is 0 Å². The predicted molar refractivity (Wildman–Crippen MR) is 63.6 cm³/mol. The van der Waals surface area contributed by atoms with Gasteiger partial charge in [-0.2, -0.15) is 0 Å². The second-order valence-corrected chi connectivity index (χ2v) is 4.86. The van der Waals surface area contributed by atoms with Crippen molar-refractivity contribution in [1.82, 2.24) is 0 Å². The monoisotopic (exact) mass is 202 g/mol. The third-order valence-corrected chi connectivity index (χ3v) is 3.58. The van der Waals surface area contributed by atoms with Crippen molar-refractivity contribution in [2.75, 3.05) is 0 Å². The van der Waals surface area contributed by atoms with Crippen LogP contribution in [0.2, 0.25) is 0 Å². The van der Waals surface area contributed by atoms with Crippen LogP contribution in [0.15, 0.2) is 59.0 Å². The van der Waals surface area contributed by atoms with E-state index < -0.39 is 0 Å². The van der Waals surface area contributed by atoms with Crippen LogP contribution in [0, 0.1) is 0 Å². The zero-order chi connectivity index (χ0) is 9.80. The first-order valence-corrected chi connectivity index (χ1v) is 5.81. The second-order valence-electron chi connectivity index (χ2n) is 3.45. The number of benzene rings is 1. The highest BCUT2D eigenvalue weighted by Crippen LogP contribution is 2.30. The Morgan fingerprint density at radius 2 is 2.00 bits per heavy atom. The summed E-state index contributed by atoms with van der Waals surface area (Å²) in [6.45, 7) is 2.27. The van der Waals surface area contributed by atoms with Crippen molar-refractivity contribution < 1.29 is 0 Å². The standard InChI is InChI=1S/C13H14S/c1-11(12-7-5-6-8-12)14-13-9-3-2-4-10-13/h2-7,9-11H,8H2,1H3. The largest absolute Gasteiger partial charge is 0.119 e.